The van der Waals surface area contributed by atoms with Crippen LogP contribution in [-0.2, 0) is 10.5 Å². The summed E-state index contributed by atoms with van der Waals surface area (Å²) in [5.41, 5.74) is 2.68. The minimum atomic E-state index is -0.0380. The number of benzene rings is 1. The highest BCUT2D eigenvalue weighted by atomic mass is 32.2. The van der Waals surface area contributed by atoms with Crippen LogP contribution in [0.1, 0.15) is 72.3 Å². The van der Waals surface area contributed by atoms with Gasteiger partial charge in [-0.15, -0.1) is 11.8 Å². The topological polar surface area (TPSA) is 75.4 Å². The third-order valence-electron chi connectivity index (χ3n) is 6.78. The van der Waals surface area contributed by atoms with Gasteiger partial charge in [-0.05, 0) is 51.7 Å². The van der Waals surface area contributed by atoms with Gasteiger partial charge >= 0.3 is 0 Å². The number of carbonyl (C=O) groups excluding carboxylic acids is 2. The lowest BCUT2D eigenvalue weighted by molar-refractivity contribution is -0.137. The third-order valence-corrected chi connectivity index (χ3v) is 7.88. The van der Waals surface area contributed by atoms with Crippen molar-refractivity contribution in [1.29, 1.82) is 0 Å². The van der Waals surface area contributed by atoms with Gasteiger partial charge in [0.05, 0.1) is 11.3 Å². The number of piperidine rings is 1. The first-order valence-corrected chi connectivity index (χ1v) is 12.7. The first-order valence-electron chi connectivity index (χ1n) is 11.8. The quantitative estimate of drug-likeness (QED) is 0.628. The van der Waals surface area contributed by atoms with Crippen LogP contribution in [0.3, 0.4) is 0 Å². The van der Waals surface area contributed by atoms with Crippen LogP contribution in [0.15, 0.2) is 33.7 Å². The lowest BCUT2D eigenvalue weighted by Crippen LogP contribution is -2.48. The lowest BCUT2D eigenvalue weighted by Gasteiger charge is -2.35. The van der Waals surface area contributed by atoms with Gasteiger partial charge in [0.2, 0.25) is 5.91 Å². The smallest absolute Gasteiger partial charge is 0.252 e. The monoisotopic (exact) mass is 455 g/mol. The second-order valence-electron chi connectivity index (χ2n) is 9.00. The predicted octanol–water partition coefficient (Wildman–Crippen LogP) is 4.88. The Hall–Kier alpha value is -2.28. The summed E-state index contributed by atoms with van der Waals surface area (Å²) in [5.74, 6) is 2.05. The lowest BCUT2D eigenvalue weighted by atomic mass is 9.87. The van der Waals surface area contributed by atoms with Gasteiger partial charge in [-0.3, -0.25) is 9.59 Å². The van der Waals surface area contributed by atoms with E-state index in [2.05, 4.69) is 10.5 Å². The van der Waals surface area contributed by atoms with Crippen LogP contribution in [0, 0.1) is 19.8 Å². The molecule has 0 spiro atoms. The summed E-state index contributed by atoms with van der Waals surface area (Å²) in [6.07, 6.45) is 7.33. The first-order chi connectivity index (χ1) is 15.5. The number of carbonyl (C=O) groups is 2. The maximum Gasteiger partial charge on any atom is 0.252 e. The highest BCUT2D eigenvalue weighted by Crippen LogP contribution is 2.29. The molecule has 2 heterocycles. The Morgan fingerprint density at radius 3 is 2.50 bits per heavy atom. The van der Waals surface area contributed by atoms with E-state index >= 15 is 0 Å². The zero-order chi connectivity index (χ0) is 22.5. The normalized spacial score (nSPS) is 18.0. The van der Waals surface area contributed by atoms with Crippen molar-refractivity contribution in [2.75, 3.05) is 13.1 Å². The SMILES string of the molecule is Cc1noc(C)c1CSc1ccccc1C(=O)NC1CCN(C(=O)C2CCCCC2)CC1. The van der Waals surface area contributed by atoms with Crippen molar-refractivity contribution < 1.29 is 14.1 Å². The highest BCUT2D eigenvalue weighted by molar-refractivity contribution is 7.98. The molecule has 0 radical (unpaired) electrons. The minimum absolute atomic E-state index is 0.0380. The van der Waals surface area contributed by atoms with Gasteiger partial charge in [-0.2, -0.15) is 0 Å². The van der Waals surface area contributed by atoms with E-state index in [0.29, 0.717) is 17.2 Å². The molecule has 7 heteroatoms. The zero-order valence-electron chi connectivity index (χ0n) is 19.1. The Balaban J connectivity index is 1.31. The average Bonchev–Trinajstić information content (AvgIpc) is 3.15. The summed E-state index contributed by atoms with van der Waals surface area (Å²) in [7, 11) is 0. The number of amides is 2. The van der Waals surface area contributed by atoms with E-state index in [0.717, 1.165) is 60.7 Å². The Morgan fingerprint density at radius 2 is 1.81 bits per heavy atom. The molecule has 0 atom stereocenters. The fourth-order valence-electron chi connectivity index (χ4n) is 4.75. The van der Waals surface area contributed by atoms with Crippen molar-refractivity contribution in [3.05, 3.63) is 46.8 Å². The minimum Gasteiger partial charge on any atom is -0.361 e. The molecular weight excluding hydrogens is 422 g/mol. The molecule has 172 valence electrons. The predicted molar refractivity (Wildman–Crippen MR) is 126 cm³/mol. The first kappa shape index (κ1) is 22.9. The summed E-state index contributed by atoms with van der Waals surface area (Å²) in [6, 6.07) is 7.84. The average molecular weight is 456 g/mol. The molecule has 1 aromatic carbocycles. The third kappa shape index (κ3) is 5.37. The van der Waals surface area contributed by atoms with E-state index in [1.54, 1.807) is 11.8 Å². The molecule has 32 heavy (non-hydrogen) atoms. The van der Waals surface area contributed by atoms with E-state index in [4.69, 9.17) is 4.52 Å². The number of hydrogen-bond acceptors (Lipinski definition) is 5. The molecular formula is C25H33N3O3S. The Kier molecular flexibility index (Phi) is 7.55. The van der Waals surface area contributed by atoms with Gasteiger partial charge in [0.1, 0.15) is 5.76 Å². The van der Waals surface area contributed by atoms with Gasteiger partial charge in [-0.25, -0.2) is 0 Å². The largest absolute Gasteiger partial charge is 0.361 e. The molecule has 2 aliphatic rings. The number of aryl methyl sites for hydroxylation is 2. The number of nitrogens with zero attached hydrogens (tertiary/aromatic N) is 2. The summed E-state index contributed by atoms with van der Waals surface area (Å²) < 4.78 is 5.26. The molecule has 1 saturated carbocycles. The molecule has 6 nitrogen and oxygen atoms in total. The maximum absolute atomic E-state index is 13.1. The summed E-state index contributed by atoms with van der Waals surface area (Å²) in [6.45, 7) is 5.34. The fourth-order valence-corrected chi connectivity index (χ4v) is 5.96. The Labute approximate surface area is 194 Å². The molecule has 0 bridgehead atoms. The van der Waals surface area contributed by atoms with Gasteiger partial charge in [-0.1, -0.05) is 36.6 Å². The molecule has 1 aromatic heterocycles. The number of rotatable bonds is 6. The number of thioether (sulfide) groups is 1. The Morgan fingerprint density at radius 1 is 1.09 bits per heavy atom. The van der Waals surface area contributed by atoms with Crippen molar-refractivity contribution in [3.8, 4) is 0 Å². The van der Waals surface area contributed by atoms with Crippen molar-refractivity contribution in [2.45, 2.75) is 75.5 Å². The molecule has 0 unspecified atom stereocenters. The Bertz CT molecular complexity index is 924. The fraction of sp³-hybridized carbons (Fsp3) is 0.560. The molecule has 2 fully saturated rings. The molecule has 2 aromatic rings. The van der Waals surface area contributed by atoms with Crippen LogP contribution in [0.2, 0.25) is 0 Å². The van der Waals surface area contributed by atoms with Crippen LogP contribution in [0.5, 0.6) is 0 Å². The van der Waals surface area contributed by atoms with E-state index < -0.39 is 0 Å². The number of hydrogen-bond donors (Lipinski definition) is 1. The standard InChI is InChI=1S/C25H33N3O3S/c1-17-22(18(2)31-27-17)16-32-23-11-7-6-10-21(23)24(29)26-20-12-14-28(15-13-20)25(30)19-8-4-3-5-9-19/h6-7,10-11,19-20H,3-5,8-9,12-16H2,1-2H3,(H,26,29). The molecule has 1 aliphatic heterocycles. The van der Waals surface area contributed by atoms with Crippen LogP contribution in [-0.4, -0.2) is 41.0 Å². The molecule has 2 amide bonds. The van der Waals surface area contributed by atoms with E-state index in [9.17, 15) is 9.59 Å². The van der Waals surface area contributed by atoms with Gasteiger partial charge in [0, 0.05) is 41.3 Å². The second-order valence-corrected chi connectivity index (χ2v) is 10.0. The number of nitrogens with one attached hydrogen (secondary N) is 1. The summed E-state index contributed by atoms with van der Waals surface area (Å²) >= 11 is 1.63. The van der Waals surface area contributed by atoms with E-state index in [1.807, 2.05) is 43.0 Å². The molecule has 1 saturated heterocycles. The van der Waals surface area contributed by atoms with Crippen molar-refractivity contribution >= 4 is 23.6 Å². The van der Waals surface area contributed by atoms with E-state index in [1.165, 1.54) is 19.3 Å². The van der Waals surface area contributed by atoms with Crippen molar-refractivity contribution in [3.63, 3.8) is 0 Å². The summed E-state index contributed by atoms with van der Waals surface area (Å²) in [5, 5.41) is 7.23. The van der Waals surface area contributed by atoms with Crippen LogP contribution in [0.4, 0.5) is 0 Å². The second kappa shape index (κ2) is 10.6. The number of likely N-dealkylation sites (tertiary alicyclic amines) is 1. The summed E-state index contributed by atoms with van der Waals surface area (Å²) in [4.78, 5) is 28.8. The van der Waals surface area contributed by atoms with Crippen LogP contribution >= 0.6 is 11.8 Å². The van der Waals surface area contributed by atoms with Crippen LogP contribution in [0.25, 0.3) is 0 Å². The maximum atomic E-state index is 13.1. The van der Waals surface area contributed by atoms with Crippen LogP contribution < -0.4 is 5.32 Å². The number of aromatic nitrogens is 1. The van der Waals surface area contributed by atoms with Crippen molar-refractivity contribution in [1.82, 2.24) is 15.4 Å². The van der Waals surface area contributed by atoms with E-state index in [-0.39, 0.29) is 17.9 Å². The van der Waals surface area contributed by atoms with Gasteiger partial charge < -0.3 is 14.7 Å². The van der Waals surface area contributed by atoms with Gasteiger partial charge in [0.25, 0.3) is 5.91 Å². The molecule has 1 aliphatic carbocycles. The molecule has 4 rings (SSSR count). The van der Waals surface area contributed by atoms with Crippen molar-refractivity contribution in [2.24, 2.45) is 5.92 Å². The zero-order valence-corrected chi connectivity index (χ0v) is 19.9. The molecule has 1 N–H and O–H groups in total. The highest BCUT2D eigenvalue weighted by Gasteiger charge is 2.29. The van der Waals surface area contributed by atoms with Gasteiger partial charge in [0.15, 0.2) is 0 Å².